The Morgan fingerprint density at radius 2 is 1.14 bits per heavy atom. The molecule has 9 nitrogen and oxygen atoms in total. The summed E-state index contributed by atoms with van der Waals surface area (Å²) in [7, 11) is 1.59. The molecule has 2 aliphatic heterocycles. The second-order valence-electron chi connectivity index (χ2n) is 12.5. The van der Waals surface area contributed by atoms with Crippen LogP contribution in [0, 0.1) is 0 Å². The molecule has 2 aliphatic rings. The van der Waals surface area contributed by atoms with Gasteiger partial charge in [-0.2, -0.15) is 0 Å². The van der Waals surface area contributed by atoms with Gasteiger partial charge in [0.15, 0.2) is 6.10 Å². The molecule has 1 amide bonds. The van der Waals surface area contributed by atoms with Crippen molar-refractivity contribution in [2.24, 2.45) is 0 Å². The number of nitrogens with zero attached hydrogens (tertiary/aromatic N) is 1. The van der Waals surface area contributed by atoms with Gasteiger partial charge in [-0.15, -0.1) is 0 Å². The van der Waals surface area contributed by atoms with Gasteiger partial charge in [0.1, 0.15) is 24.4 Å². The number of esters is 1. The number of benzene rings is 4. The van der Waals surface area contributed by atoms with E-state index in [1.165, 1.54) is 11.8 Å². The van der Waals surface area contributed by atoms with Crippen LogP contribution in [0.3, 0.4) is 0 Å². The summed E-state index contributed by atoms with van der Waals surface area (Å²) in [6.45, 7) is 2.62. The molecule has 4 aromatic carbocycles. The third-order valence-corrected chi connectivity index (χ3v) is 9.00. The van der Waals surface area contributed by atoms with Gasteiger partial charge in [0.25, 0.3) is 0 Å². The highest BCUT2D eigenvalue weighted by atomic mass is 16.8. The molecule has 0 aliphatic carbocycles. The number of rotatable bonds is 14. The minimum atomic E-state index is -1.59. The molecular formula is C40H43NO8. The fourth-order valence-corrected chi connectivity index (χ4v) is 6.31. The first kappa shape index (κ1) is 34.5. The molecule has 0 bridgehead atoms. The number of amides is 1. The maximum atomic E-state index is 13.5. The molecular weight excluding hydrogens is 622 g/mol. The third kappa shape index (κ3) is 8.62. The van der Waals surface area contributed by atoms with Crippen molar-refractivity contribution in [2.75, 3.05) is 13.7 Å². The van der Waals surface area contributed by atoms with E-state index < -0.39 is 42.2 Å². The van der Waals surface area contributed by atoms with E-state index in [-0.39, 0.29) is 38.8 Å². The van der Waals surface area contributed by atoms with E-state index in [2.05, 4.69) is 0 Å². The van der Waals surface area contributed by atoms with E-state index in [0.717, 1.165) is 22.3 Å². The fraction of sp³-hybridized carbons (Fsp3) is 0.350. The number of hydrogen-bond acceptors (Lipinski definition) is 8. The van der Waals surface area contributed by atoms with E-state index >= 15 is 0 Å². The Balaban J connectivity index is 1.37. The fourth-order valence-electron chi connectivity index (χ4n) is 6.31. The molecule has 0 radical (unpaired) electrons. The second-order valence-corrected chi connectivity index (χ2v) is 12.5. The molecule has 2 saturated heterocycles. The predicted octanol–water partition coefficient (Wildman–Crippen LogP) is 5.85. The summed E-state index contributed by atoms with van der Waals surface area (Å²) in [5, 5.41) is 0. The average molecular weight is 666 g/mol. The molecule has 9 heteroatoms. The predicted molar refractivity (Wildman–Crippen MR) is 182 cm³/mol. The first-order chi connectivity index (χ1) is 23.9. The zero-order valence-corrected chi connectivity index (χ0v) is 27.9. The van der Waals surface area contributed by atoms with Crippen LogP contribution in [0.25, 0.3) is 0 Å². The lowest BCUT2D eigenvalue weighted by atomic mass is 9.89. The number of likely N-dealkylation sites (N-methyl/N-ethyl adjacent to an activating group) is 1. The minimum Gasteiger partial charge on any atom is -0.428 e. The smallest absolute Gasteiger partial charge is 0.331 e. The van der Waals surface area contributed by atoms with Crippen LogP contribution in [0.4, 0.5) is 0 Å². The lowest BCUT2D eigenvalue weighted by Gasteiger charge is -2.50. The molecule has 0 unspecified atom stereocenters. The second kappa shape index (κ2) is 16.3. The molecule has 1 spiro atoms. The highest BCUT2D eigenvalue weighted by molar-refractivity contribution is 5.85. The van der Waals surface area contributed by atoms with Crippen molar-refractivity contribution in [3.05, 3.63) is 144 Å². The molecule has 4 aromatic rings. The molecule has 0 N–H and O–H groups in total. The van der Waals surface area contributed by atoms with Gasteiger partial charge in [0.05, 0.1) is 33.0 Å². The van der Waals surface area contributed by atoms with Crippen molar-refractivity contribution in [3.8, 4) is 0 Å². The van der Waals surface area contributed by atoms with Crippen molar-refractivity contribution >= 4 is 11.9 Å². The number of carbonyl (C=O) groups excluding carboxylic acids is 2. The Labute approximate surface area is 287 Å². The van der Waals surface area contributed by atoms with Gasteiger partial charge in [0, 0.05) is 20.4 Å². The van der Waals surface area contributed by atoms with Crippen LogP contribution in [-0.4, -0.2) is 66.7 Å². The normalized spacial score (nSPS) is 24.9. The summed E-state index contributed by atoms with van der Waals surface area (Å²) in [5.41, 5.74) is 3.87. The number of ether oxygens (including phenoxy) is 6. The standard InChI is InChI=1S/C40H43NO8/c1-29(42)41(2)34-23-40(49-39(34)43)38(47-27-33-21-13-6-14-22-33)37(46-26-32-19-11-5-12-20-32)36(45-25-31-17-9-4-10-18-31)35(48-40)28-44-24-30-15-7-3-8-16-30/h3-22,34-38H,23-28H2,1-2H3/t34-,35-,36+,37+,38-,40-/m1/s1. The Morgan fingerprint density at radius 1 is 0.694 bits per heavy atom. The maximum Gasteiger partial charge on any atom is 0.331 e. The van der Waals surface area contributed by atoms with E-state index in [1.54, 1.807) is 7.05 Å². The summed E-state index contributed by atoms with van der Waals surface area (Å²) >= 11 is 0. The Morgan fingerprint density at radius 3 is 1.63 bits per heavy atom. The highest BCUT2D eigenvalue weighted by Gasteiger charge is 2.64. The summed E-state index contributed by atoms with van der Waals surface area (Å²) in [5.74, 6) is -2.42. The van der Waals surface area contributed by atoms with Gasteiger partial charge >= 0.3 is 5.97 Å². The summed E-state index contributed by atoms with van der Waals surface area (Å²) in [4.78, 5) is 27.4. The topological polar surface area (TPSA) is 92.8 Å². The quantitative estimate of drug-likeness (QED) is 0.155. The van der Waals surface area contributed by atoms with Crippen molar-refractivity contribution in [2.45, 2.75) is 76.0 Å². The van der Waals surface area contributed by atoms with Gasteiger partial charge in [-0.1, -0.05) is 121 Å². The monoisotopic (exact) mass is 665 g/mol. The third-order valence-electron chi connectivity index (χ3n) is 9.00. The molecule has 49 heavy (non-hydrogen) atoms. The summed E-state index contributed by atoms with van der Waals surface area (Å²) < 4.78 is 39.5. The Hall–Kier alpha value is -4.38. The van der Waals surface area contributed by atoms with Crippen LogP contribution in [0.15, 0.2) is 121 Å². The Bertz CT molecular complexity index is 1620. The van der Waals surface area contributed by atoms with Gasteiger partial charge in [-0.25, -0.2) is 4.79 Å². The molecule has 0 aromatic heterocycles. The first-order valence-electron chi connectivity index (χ1n) is 16.6. The van der Waals surface area contributed by atoms with E-state index in [0.29, 0.717) is 6.61 Å². The van der Waals surface area contributed by atoms with Gasteiger partial charge < -0.3 is 33.3 Å². The molecule has 2 heterocycles. The van der Waals surface area contributed by atoms with Gasteiger partial charge in [-0.3, -0.25) is 4.79 Å². The van der Waals surface area contributed by atoms with Crippen LogP contribution in [0.2, 0.25) is 0 Å². The minimum absolute atomic E-state index is 0.0488. The van der Waals surface area contributed by atoms with Crippen molar-refractivity contribution in [3.63, 3.8) is 0 Å². The SMILES string of the molecule is CC(=O)N(C)[C@@H]1C[C@]2(OC1=O)O[C@H](COCc1ccccc1)[C@H](OCc1ccccc1)[C@H](OCc1ccccc1)[C@H]2OCc1ccccc1. The molecule has 6 rings (SSSR count). The van der Waals surface area contributed by atoms with E-state index in [9.17, 15) is 9.59 Å². The number of carbonyl (C=O) groups is 2. The first-order valence-corrected chi connectivity index (χ1v) is 16.6. The molecule has 2 fully saturated rings. The molecule has 6 atom stereocenters. The zero-order valence-electron chi connectivity index (χ0n) is 27.9. The molecule has 0 saturated carbocycles. The van der Waals surface area contributed by atoms with Crippen LogP contribution in [0.5, 0.6) is 0 Å². The average Bonchev–Trinajstić information content (AvgIpc) is 3.46. The van der Waals surface area contributed by atoms with Gasteiger partial charge in [0.2, 0.25) is 11.7 Å². The lowest BCUT2D eigenvalue weighted by molar-refractivity contribution is -0.364. The summed E-state index contributed by atoms with van der Waals surface area (Å²) in [6, 6.07) is 38.5. The number of hydrogen-bond donors (Lipinski definition) is 0. The van der Waals surface area contributed by atoms with E-state index in [1.807, 2.05) is 121 Å². The van der Waals surface area contributed by atoms with Crippen molar-refractivity contribution < 1.29 is 38.0 Å². The lowest BCUT2D eigenvalue weighted by Crippen LogP contribution is -2.67. The van der Waals surface area contributed by atoms with Crippen LogP contribution >= 0.6 is 0 Å². The Kier molecular flexibility index (Phi) is 11.5. The van der Waals surface area contributed by atoms with Crippen LogP contribution < -0.4 is 0 Å². The zero-order chi connectivity index (χ0) is 34.1. The van der Waals surface area contributed by atoms with Gasteiger partial charge in [-0.05, 0) is 22.3 Å². The van der Waals surface area contributed by atoms with Crippen LogP contribution in [-0.2, 0) is 64.4 Å². The summed E-state index contributed by atoms with van der Waals surface area (Å²) in [6.07, 6.45) is -3.04. The molecule has 256 valence electrons. The maximum absolute atomic E-state index is 13.5. The van der Waals surface area contributed by atoms with Crippen LogP contribution in [0.1, 0.15) is 35.6 Å². The van der Waals surface area contributed by atoms with E-state index in [4.69, 9.17) is 28.4 Å². The van der Waals surface area contributed by atoms with Crippen molar-refractivity contribution in [1.82, 2.24) is 4.90 Å². The van der Waals surface area contributed by atoms with Crippen molar-refractivity contribution in [1.29, 1.82) is 0 Å². The highest BCUT2D eigenvalue weighted by Crippen LogP contribution is 2.44. The largest absolute Gasteiger partial charge is 0.428 e.